The lowest BCUT2D eigenvalue weighted by molar-refractivity contribution is 0.153. The average molecular weight is 258 g/mol. The molecule has 0 aromatic heterocycles. The monoisotopic (exact) mass is 258 g/mol. The van der Waals surface area contributed by atoms with E-state index in [4.69, 9.17) is 0 Å². The Hall–Kier alpha value is -0.270. The first-order valence-electron chi connectivity index (χ1n) is 5.44. The highest BCUT2D eigenvalue weighted by atomic mass is 32.2. The number of hydrogen-bond acceptors (Lipinski definition) is 3. The fourth-order valence-electron chi connectivity index (χ4n) is 1.11. The molecule has 0 heterocycles. The maximum atomic E-state index is 11.8. The van der Waals surface area contributed by atoms with Crippen molar-refractivity contribution in [2.24, 2.45) is 0 Å². The molecule has 0 saturated heterocycles. The maximum Gasteiger partial charge on any atom is 0.251 e. The molecule has 0 fully saturated rings. The summed E-state index contributed by atoms with van der Waals surface area (Å²) in [5.74, 6) is -0.0898. The van der Waals surface area contributed by atoms with Gasteiger partial charge in [0.25, 0.3) is 6.43 Å². The third-order valence-electron chi connectivity index (χ3n) is 1.90. The smallest absolute Gasteiger partial charge is 0.251 e. The summed E-state index contributed by atoms with van der Waals surface area (Å²) in [5, 5.41) is 3.14. The van der Waals surface area contributed by atoms with Gasteiger partial charge in [-0.3, -0.25) is 0 Å². The van der Waals surface area contributed by atoms with Crippen molar-refractivity contribution in [2.75, 3.05) is 25.4 Å². The summed E-state index contributed by atoms with van der Waals surface area (Å²) < 4.78 is 47.7. The molecule has 0 spiro atoms. The molecule has 0 atom stereocenters. The number of halogens is 2. The summed E-state index contributed by atoms with van der Waals surface area (Å²) in [6.07, 6.45) is -0.389. The standard InChI is InChI=1S/C9H20F2N2O2S/c1-2-5-12-6-3-4-7-16(14,15)13-8-9(10)11/h9,12-13H,2-8H2,1H3. The summed E-state index contributed by atoms with van der Waals surface area (Å²) in [4.78, 5) is 0. The SMILES string of the molecule is CCCNCCCCS(=O)(=O)NCC(F)F. The summed E-state index contributed by atoms with van der Waals surface area (Å²) in [6.45, 7) is 2.93. The van der Waals surface area contributed by atoms with Gasteiger partial charge in [0, 0.05) is 0 Å². The molecule has 0 unspecified atom stereocenters. The van der Waals surface area contributed by atoms with E-state index in [1.54, 1.807) is 0 Å². The van der Waals surface area contributed by atoms with Gasteiger partial charge >= 0.3 is 0 Å². The second kappa shape index (κ2) is 8.83. The zero-order chi connectivity index (χ0) is 12.4. The van der Waals surface area contributed by atoms with Crippen LogP contribution in [-0.4, -0.2) is 40.2 Å². The van der Waals surface area contributed by atoms with Crippen molar-refractivity contribution in [2.45, 2.75) is 32.6 Å². The van der Waals surface area contributed by atoms with E-state index in [1.807, 2.05) is 11.6 Å². The van der Waals surface area contributed by atoms with E-state index in [1.165, 1.54) is 0 Å². The molecule has 0 rings (SSSR count). The Labute approximate surface area is 95.9 Å². The van der Waals surface area contributed by atoms with Crippen LogP contribution >= 0.6 is 0 Å². The van der Waals surface area contributed by atoms with Crippen LogP contribution in [0.25, 0.3) is 0 Å². The van der Waals surface area contributed by atoms with Crippen molar-refractivity contribution in [3.8, 4) is 0 Å². The van der Waals surface area contributed by atoms with Gasteiger partial charge in [-0.1, -0.05) is 6.92 Å². The van der Waals surface area contributed by atoms with Crippen LogP contribution in [0, 0.1) is 0 Å². The van der Waals surface area contributed by atoms with Crippen molar-refractivity contribution in [3.63, 3.8) is 0 Å². The molecule has 16 heavy (non-hydrogen) atoms. The van der Waals surface area contributed by atoms with Gasteiger partial charge in [-0.25, -0.2) is 21.9 Å². The highest BCUT2D eigenvalue weighted by molar-refractivity contribution is 7.89. The lowest BCUT2D eigenvalue weighted by Gasteiger charge is -2.06. The fraction of sp³-hybridized carbons (Fsp3) is 1.00. The van der Waals surface area contributed by atoms with E-state index in [0.29, 0.717) is 6.42 Å². The van der Waals surface area contributed by atoms with Gasteiger partial charge in [-0.2, -0.15) is 0 Å². The van der Waals surface area contributed by atoms with Crippen molar-refractivity contribution in [3.05, 3.63) is 0 Å². The van der Waals surface area contributed by atoms with Gasteiger partial charge in [-0.05, 0) is 32.4 Å². The van der Waals surface area contributed by atoms with E-state index >= 15 is 0 Å². The van der Waals surface area contributed by atoms with E-state index in [0.717, 1.165) is 25.9 Å². The van der Waals surface area contributed by atoms with E-state index in [9.17, 15) is 17.2 Å². The quantitative estimate of drug-likeness (QED) is 0.574. The predicted molar refractivity (Wildman–Crippen MR) is 60.2 cm³/mol. The van der Waals surface area contributed by atoms with Crippen LogP contribution in [0.5, 0.6) is 0 Å². The second-order valence-electron chi connectivity index (χ2n) is 3.52. The molecule has 0 aromatic carbocycles. The largest absolute Gasteiger partial charge is 0.317 e. The molecule has 0 aliphatic heterocycles. The average Bonchev–Trinajstić information content (AvgIpc) is 2.21. The Morgan fingerprint density at radius 2 is 1.88 bits per heavy atom. The molecular weight excluding hydrogens is 238 g/mol. The van der Waals surface area contributed by atoms with Gasteiger partial charge in [0.15, 0.2) is 0 Å². The third-order valence-corrected chi connectivity index (χ3v) is 3.33. The van der Waals surface area contributed by atoms with E-state index in [2.05, 4.69) is 5.32 Å². The highest BCUT2D eigenvalue weighted by Crippen LogP contribution is 1.96. The Kier molecular flexibility index (Phi) is 8.68. The van der Waals surface area contributed by atoms with Gasteiger partial charge in [0.1, 0.15) is 0 Å². The Morgan fingerprint density at radius 3 is 2.44 bits per heavy atom. The van der Waals surface area contributed by atoms with Crippen LogP contribution < -0.4 is 10.0 Å². The molecule has 98 valence electrons. The van der Waals surface area contributed by atoms with Gasteiger partial charge in [-0.15, -0.1) is 0 Å². The summed E-state index contributed by atoms with van der Waals surface area (Å²) in [5.41, 5.74) is 0. The normalized spacial score (nSPS) is 12.2. The Bertz CT molecular complexity index is 258. The molecule has 0 aliphatic rings. The number of nitrogens with one attached hydrogen (secondary N) is 2. The first kappa shape index (κ1) is 15.7. The van der Waals surface area contributed by atoms with Gasteiger partial charge in [0.2, 0.25) is 10.0 Å². The molecule has 0 amide bonds. The minimum absolute atomic E-state index is 0.0898. The Morgan fingerprint density at radius 1 is 1.19 bits per heavy atom. The van der Waals surface area contributed by atoms with Crippen molar-refractivity contribution in [1.82, 2.24) is 10.0 Å². The molecular formula is C9H20F2N2O2S. The number of sulfonamides is 1. The maximum absolute atomic E-state index is 11.8. The lowest BCUT2D eigenvalue weighted by Crippen LogP contribution is -2.31. The van der Waals surface area contributed by atoms with Crippen LogP contribution in [0.3, 0.4) is 0 Å². The molecule has 2 N–H and O–H groups in total. The van der Waals surface area contributed by atoms with Crippen LogP contribution in [0.15, 0.2) is 0 Å². The molecule has 0 aliphatic carbocycles. The van der Waals surface area contributed by atoms with E-state index < -0.39 is 23.0 Å². The first-order chi connectivity index (χ1) is 7.48. The molecule has 7 heteroatoms. The first-order valence-corrected chi connectivity index (χ1v) is 7.09. The number of alkyl halides is 2. The predicted octanol–water partition coefficient (Wildman–Crippen LogP) is 0.951. The van der Waals surface area contributed by atoms with Gasteiger partial charge in [0.05, 0.1) is 12.3 Å². The second-order valence-corrected chi connectivity index (χ2v) is 5.44. The fourth-order valence-corrected chi connectivity index (χ4v) is 2.21. The third kappa shape index (κ3) is 10.3. The van der Waals surface area contributed by atoms with E-state index in [-0.39, 0.29) is 5.75 Å². The minimum atomic E-state index is -3.53. The highest BCUT2D eigenvalue weighted by Gasteiger charge is 2.12. The van der Waals surface area contributed by atoms with Crippen molar-refractivity contribution < 1.29 is 17.2 Å². The van der Waals surface area contributed by atoms with Crippen LogP contribution in [0.4, 0.5) is 8.78 Å². The topological polar surface area (TPSA) is 58.2 Å². The summed E-state index contributed by atoms with van der Waals surface area (Å²) in [7, 11) is -3.53. The minimum Gasteiger partial charge on any atom is -0.317 e. The van der Waals surface area contributed by atoms with Crippen molar-refractivity contribution >= 4 is 10.0 Å². The zero-order valence-corrected chi connectivity index (χ0v) is 10.3. The molecule has 0 aromatic rings. The number of rotatable bonds is 10. The molecule has 4 nitrogen and oxygen atoms in total. The zero-order valence-electron chi connectivity index (χ0n) is 9.51. The molecule has 0 radical (unpaired) electrons. The molecule has 0 bridgehead atoms. The van der Waals surface area contributed by atoms with Crippen molar-refractivity contribution in [1.29, 1.82) is 0 Å². The molecule has 0 saturated carbocycles. The summed E-state index contributed by atoms with van der Waals surface area (Å²) in [6, 6.07) is 0. The Balaban J connectivity index is 3.51. The number of hydrogen-bond donors (Lipinski definition) is 2. The van der Waals surface area contributed by atoms with Crippen LogP contribution in [0.2, 0.25) is 0 Å². The summed E-state index contributed by atoms with van der Waals surface area (Å²) >= 11 is 0. The van der Waals surface area contributed by atoms with Crippen LogP contribution in [-0.2, 0) is 10.0 Å². The van der Waals surface area contributed by atoms with Crippen LogP contribution in [0.1, 0.15) is 26.2 Å². The lowest BCUT2D eigenvalue weighted by atomic mass is 10.3. The van der Waals surface area contributed by atoms with Gasteiger partial charge < -0.3 is 5.32 Å². The number of unbranched alkanes of at least 4 members (excludes halogenated alkanes) is 1.